The van der Waals surface area contributed by atoms with E-state index in [1.54, 1.807) is 6.07 Å². The molecule has 0 bridgehead atoms. The second-order valence-electron chi connectivity index (χ2n) is 6.03. The first-order valence-electron chi connectivity index (χ1n) is 7.44. The lowest BCUT2D eigenvalue weighted by molar-refractivity contribution is 0.174. The molecule has 1 heterocycles. The van der Waals surface area contributed by atoms with Gasteiger partial charge in [-0.15, -0.1) is 0 Å². The van der Waals surface area contributed by atoms with Gasteiger partial charge in [0.05, 0.1) is 0 Å². The summed E-state index contributed by atoms with van der Waals surface area (Å²) in [5.74, 6) is -0.788. The molecular formula is C16H24F2N2. The number of halogens is 2. The molecule has 112 valence electrons. The smallest absolute Gasteiger partial charge is 0.159 e. The minimum Gasteiger partial charge on any atom is -0.314 e. The van der Waals surface area contributed by atoms with Crippen molar-refractivity contribution in [1.29, 1.82) is 0 Å². The van der Waals surface area contributed by atoms with Gasteiger partial charge in [0.15, 0.2) is 11.6 Å². The van der Waals surface area contributed by atoms with Gasteiger partial charge in [-0.05, 0) is 56.1 Å². The third-order valence-electron chi connectivity index (χ3n) is 3.91. The fourth-order valence-corrected chi connectivity index (χ4v) is 2.65. The first-order chi connectivity index (χ1) is 9.54. The molecule has 1 aliphatic rings. The van der Waals surface area contributed by atoms with Crippen molar-refractivity contribution in [2.45, 2.75) is 39.3 Å². The van der Waals surface area contributed by atoms with Crippen molar-refractivity contribution in [2.24, 2.45) is 5.92 Å². The highest BCUT2D eigenvalue weighted by molar-refractivity contribution is 5.17. The van der Waals surface area contributed by atoms with Crippen molar-refractivity contribution in [3.8, 4) is 0 Å². The highest BCUT2D eigenvalue weighted by Crippen LogP contribution is 2.19. The van der Waals surface area contributed by atoms with Gasteiger partial charge >= 0.3 is 0 Å². The lowest BCUT2D eigenvalue weighted by Gasteiger charge is -2.32. The number of nitrogens with zero attached hydrogens (tertiary/aromatic N) is 1. The lowest BCUT2D eigenvalue weighted by atomic mass is 9.96. The molecule has 1 N–H and O–H groups in total. The fourth-order valence-electron chi connectivity index (χ4n) is 2.65. The summed E-state index contributed by atoms with van der Waals surface area (Å²) < 4.78 is 26.1. The van der Waals surface area contributed by atoms with E-state index < -0.39 is 11.6 Å². The van der Waals surface area contributed by atoms with Gasteiger partial charge < -0.3 is 5.32 Å². The zero-order valence-electron chi connectivity index (χ0n) is 12.3. The number of benzene rings is 1. The van der Waals surface area contributed by atoms with Crippen molar-refractivity contribution in [1.82, 2.24) is 10.2 Å². The summed E-state index contributed by atoms with van der Waals surface area (Å²) in [6, 6.07) is 4.73. The monoisotopic (exact) mass is 282 g/mol. The second-order valence-corrected chi connectivity index (χ2v) is 6.03. The van der Waals surface area contributed by atoms with Gasteiger partial charge in [0.2, 0.25) is 0 Å². The maximum Gasteiger partial charge on any atom is 0.159 e. The topological polar surface area (TPSA) is 15.3 Å². The van der Waals surface area contributed by atoms with Gasteiger partial charge in [-0.3, -0.25) is 4.90 Å². The molecule has 0 spiro atoms. The van der Waals surface area contributed by atoms with E-state index in [0.29, 0.717) is 12.6 Å². The number of nitrogens with one attached hydrogen (secondary N) is 1. The molecule has 0 aliphatic carbocycles. The summed E-state index contributed by atoms with van der Waals surface area (Å²) in [6.07, 6.45) is 2.34. The summed E-state index contributed by atoms with van der Waals surface area (Å²) >= 11 is 0. The number of likely N-dealkylation sites (tertiary alicyclic amines) is 1. The van der Waals surface area contributed by atoms with Crippen LogP contribution in [-0.2, 0) is 6.54 Å². The third-order valence-corrected chi connectivity index (χ3v) is 3.91. The zero-order valence-corrected chi connectivity index (χ0v) is 12.3. The molecule has 1 aliphatic heterocycles. The molecule has 0 radical (unpaired) electrons. The molecule has 2 rings (SSSR count). The molecule has 1 aromatic rings. The van der Waals surface area contributed by atoms with Crippen LogP contribution in [0.15, 0.2) is 18.2 Å². The minimum atomic E-state index is -0.771. The molecule has 1 saturated heterocycles. The summed E-state index contributed by atoms with van der Waals surface area (Å²) in [7, 11) is 0. The standard InChI is InChI=1S/C16H24F2N2/c1-12(2)19-10-13-5-7-20(8-6-13)11-14-3-4-15(17)16(18)9-14/h3-4,9,12-13,19H,5-8,10-11H2,1-2H3. The van der Waals surface area contributed by atoms with Gasteiger partial charge in [-0.2, -0.15) is 0 Å². The maximum atomic E-state index is 13.2. The van der Waals surface area contributed by atoms with Crippen LogP contribution in [-0.4, -0.2) is 30.6 Å². The van der Waals surface area contributed by atoms with Crippen molar-refractivity contribution in [3.05, 3.63) is 35.4 Å². The van der Waals surface area contributed by atoms with Gasteiger partial charge in [0.1, 0.15) is 0 Å². The number of piperidine rings is 1. The Bertz CT molecular complexity index is 426. The van der Waals surface area contributed by atoms with Crippen LogP contribution in [0.5, 0.6) is 0 Å². The molecule has 0 saturated carbocycles. The van der Waals surface area contributed by atoms with Crippen LogP contribution >= 0.6 is 0 Å². The average molecular weight is 282 g/mol. The van der Waals surface area contributed by atoms with E-state index in [1.165, 1.54) is 25.0 Å². The molecule has 0 unspecified atom stereocenters. The van der Waals surface area contributed by atoms with E-state index in [9.17, 15) is 8.78 Å². The zero-order chi connectivity index (χ0) is 14.5. The van der Waals surface area contributed by atoms with Gasteiger partial charge in [-0.1, -0.05) is 19.9 Å². The number of rotatable bonds is 5. The lowest BCUT2D eigenvalue weighted by Crippen LogP contribution is -2.38. The Morgan fingerprint density at radius 3 is 2.50 bits per heavy atom. The van der Waals surface area contributed by atoms with E-state index in [2.05, 4.69) is 24.1 Å². The Labute approximate surface area is 120 Å². The summed E-state index contributed by atoms with van der Waals surface area (Å²) in [5.41, 5.74) is 0.850. The van der Waals surface area contributed by atoms with Gasteiger partial charge in [-0.25, -0.2) is 8.78 Å². The van der Waals surface area contributed by atoms with Gasteiger partial charge in [0.25, 0.3) is 0 Å². The average Bonchev–Trinajstić information content (AvgIpc) is 2.42. The molecule has 1 aromatic carbocycles. The predicted octanol–water partition coefficient (Wildman–Crippen LogP) is 3.17. The van der Waals surface area contributed by atoms with E-state index in [0.717, 1.165) is 31.1 Å². The highest BCUT2D eigenvalue weighted by Gasteiger charge is 2.19. The van der Waals surface area contributed by atoms with Crippen molar-refractivity contribution >= 4 is 0 Å². The summed E-state index contributed by atoms with van der Waals surface area (Å²) in [5, 5.41) is 3.48. The molecule has 20 heavy (non-hydrogen) atoms. The summed E-state index contributed by atoms with van der Waals surface area (Å²) in [4.78, 5) is 2.32. The van der Waals surface area contributed by atoms with Crippen molar-refractivity contribution < 1.29 is 8.78 Å². The Balaban J connectivity index is 1.77. The van der Waals surface area contributed by atoms with Crippen LogP contribution in [0, 0.1) is 17.6 Å². The molecular weight excluding hydrogens is 258 g/mol. The van der Waals surface area contributed by atoms with E-state index in [4.69, 9.17) is 0 Å². The largest absolute Gasteiger partial charge is 0.314 e. The van der Waals surface area contributed by atoms with Crippen molar-refractivity contribution in [3.63, 3.8) is 0 Å². The van der Waals surface area contributed by atoms with Crippen LogP contribution in [0.3, 0.4) is 0 Å². The first-order valence-corrected chi connectivity index (χ1v) is 7.44. The van der Waals surface area contributed by atoms with Crippen LogP contribution in [0.1, 0.15) is 32.3 Å². The molecule has 0 aromatic heterocycles. The van der Waals surface area contributed by atoms with Crippen LogP contribution in [0.2, 0.25) is 0 Å². The first kappa shape index (κ1) is 15.4. The second kappa shape index (κ2) is 7.14. The molecule has 4 heteroatoms. The SMILES string of the molecule is CC(C)NCC1CCN(Cc2ccc(F)c(F)c2)CC1. The maximum absolute atomic E-state index is 13.2. The Morgan fingerprint density at radius 1 is 1.20 bits per heavy atom. The van der Waals surface area contributed by atoms with Crippen molar-refractivity contribution in [2.75, 3.05) is 19.6 Å². The molecule has 2 nitrogen and oxygen atoms in total. The Morgan fingerprint density at radius 2 is 1.90 bits per heavy atom. The van der Waals surface area contributed by atoms with E-state index >= 15 is 0 Å². The molecule has 1 fully saturated rings. The normalized spacial score (nSPS) is 17.9. The fraction of sp³-hybridized carbons (Fsp3) is 0.625. The highest BCUT2D eigenvalue weighted by atomic mass is 19.2. The number of hydrogen-bond donors (Lipinski definition) is 1. The van der Waals surface area contributed by atoms with Crippen LogP contribution in [0.25, 0.3) is 0 Å². The Hall–Kier alpha value is -1.00. The summed E-state index contributed by atoms with van der Waals surface area (Å²) in [6.45, 7) is 8.18. The predicted molar refractivity (Wildman–Crippen MR) is 77.5 cm³/mol. The van der Waals surface area contributed by atoms with Crippen LogP contribution in [0.4, 0.5) is 8.78 Å². The van der Waals surface area contributed by atoms with Gasteiger partial charge in [0, 0.05) is 12.6 Å². The minimum absolute atomic E-state index is 0.537. The third kappa shape index (κ3) is 4.53. The van der Waals surface area contributed by atoms with Crippen LogP contribution < -0.4 is 5.32 Å². The quantitative estimate of drug-likeness (QED) is 0.892. The molecule has 0 amide bonds. The Kier molecular flexibility index (Phi) is 5.49. The van der Waals surface area contributed by atoms with E-state index in [1.807, 2.05) is 0 Å². The molecule has 0 atom stereocenters. The number of hydrogen-bond acceptors (Lipinski definition) is 2. The van der Waals surface area contributed by atoms with E-state index in [-0.39, 0.29) is 0 Å².